The number of anilines is 1. The van der Waals surface area contributed by atoms with Crippen LogP contribution in [0.1, 0.15) is 36.0 Å². The van der Waals surface area contributed by atoms with Crippen LogP contribution in [0.2, 0.25) is 0 Å². The summed E-state index contributed by atoms with van der Waals surface area (Å²) in [6.07, 6.45) is 6.59. The molecule has 6 heteroatoms. The molecule has 1 unspecified atom stereocenters. The smallest absolute Gasteiger partial charge is 0.257 e. The number of nitrogens with two attached hydrogens (primary N) is 1. The number of carbonyl (C=O) groups excluding carboxylic acids is 1. The van der Waals surface area contributed by atoms with Gasteiger partial charge in [0.1, 0.15) is 5.82 Å². The van der Waals surface area contributed by atoms with Crippen molar-refractivity contribution < 1.29 is 4.79 Å². The lowest BCUT2D eigenvalue weighted by atomic mass is 10.1. The molecular formula is C15H21BrN4O. The quantitative estimate of drug-likeness (QED) is 0.885. The maximum Gasteiger partial charge on any atom is 0.257 e. The van der Waals surface area contributed by atoms with Gasteiger partial charge in [-0.25, -0.2) is 4.98 Å². The van der Waals surface area contributed by atoms with Gasteiger partial charge >= 0.3 is 0 Å². The summed E-state index contributed by atoms with van der Waals surface area (Å²) in [5.41, 5.74) is 6.35. The minimum Gasteiger partial charge on any atom is -0.383 e. The number of nitrogen functional groups attached to an aromatic ring is 1. The predicted molar refractivity (Wildman–Crippen MR) is 86.1 cm³/mol. The van der Waals surface area contributed by atoms with E-state index >= 15 is 0 Å². The number of hydrogen-bond acceptors (Lipinski definition) is 4. The van der Waals surface area contributed by atoms with Crippen LogP contribution in [0.3, 0.4) is 0 Å². The molecule has 2 fully saturated rings. The number of pyridine rings is 1. The summed E-state index contributed by atoms with van der Waals surface area (Å²) in [5, 5.41) is 0. The van der Waals surface area contributed by atoms with Crippen molar-refractivity contribution in [3.05, 3.63) is 22.3 Å². The van der Waals surface area contributed by atoms with Gasteiger partial charge in [0.25, 0.3) is 5.91 Å². The van der Waals surface area contributed by atoms with Gasteiger partial charge in [-0.1, -0.05) is 6.42 Å². The zero-order valence-electron chi connectivity index (χ0n) is 12.1. The van der Waals surface area contributed by atoms with Crippen molar-refractivity contribution in [3.8, 4) is 0 Å². The highest BCUT2D eigenvalue weighted by atomic mass is 79.9. The lowest BCUT2D eigenvalue weighted by Crippen LogP contribution is -2.41. The number of aromatic nitrogens is 1. The predicted octanol–water partition coefficient (Wildman–Crippen LogP) is 2.13. The molecule has 2 aliphatic rings. The molecule has 0 radical (unpaired) electrons. The Labute approximate surface area is 133 Å². The van der Waals surface area contributed by atoms with Crippen molar-refractivity contribution in [1.82, 2.24) is 14.8 Å². The van der Waals surface area contributed by atoms with E-state index < -0.39 is 0 Å². The third-order valence-corrected chi connectivity index (χ3v) is 4.91. The largest absolute Gasteiger partial charge is 0.383 e. The fraction of sp³-hybridized carbons (Fsp3) is 0.600. The Kier molecular flexibility index (Phi) is 4.45. The van der Waals surface area contributed by atoms with Crippen LogP contribution in [-0.2, 0) is 0 Å². The average Bonchev–Trinajstić information content (AvgIpc) is 3.00. The monoisotopic (exact) mass is 352 g/mol. The molecule has 1 atom stereocenters. The fourth-order valence-corrected chi connectivity index (χ4v) is 3.63. The number of likely N-dealkylation sites (tertiary alicyclic amines) is 2. The van der Waals surface area contributed by atoms with Gasteiger partial charge in [0.15, 0.2) is 0 Å². The summed E-state index contributed by atoms with van der Waals surface area (Å²) in [6.45, 7) is 3.97. The average molecular weight is 353 g/mol. The summed E-state index contributed by atoms with van der Waals surface area (Å²) in [6, 6.07) is 2.27. The Morgan fingerprint density at radius 2 is 2.05 bits per heavy atom. The van der Waals surface area contributed by atoms with Gasteiger partial charge in [0, 0.05) is 29.8 Å². The van der Waals surface area contributed by atoms with E-state index in [9.17, 15) is 4.79 Å². The van der Waals surface area contributed by atoms with Gasteiger partial charge in [0.05, 0.1) is 5.56 Å². The number of piperidine rings is 1. The number of rotatable bonds is 2. The highest BCUT2D eigenvalue weighted by Gasteiger charge is 2.32. The first kappa shape index (κ1) is 14.8. The van der Waals surface area contributed by atoms with E-state index in [2.05, 4.69) is 25.8 Å². The van der Waals surface area contributed by atoms with Gasteiger partial charge < -0.3 is 10.6 Å². The third kappa shape index (κ3) is 3.21. The summed E-state index contributed by atoms with van der Waals surface area (Å²) in [4.78, 5) is 21.1. The number of nitrogens with zero attached hydrogens (tertiary/aromatic N) is 3. The van der Waals surface area contributed by atoms with Crippen LogP contribution in [-0.4, -0.2) is 52.9 Å². The van der Waals surface area contributed by atoms with Crippen LogP contribution < -0.4 is 5.73 Å². The van der Waals surface area contributed by atoms with E-state index in [1.54, 1.807) is 12.3 Å². The van der Waals surface area contributed by atoms with Crippen molar-refractivity contribution in [2.45, 2.75) is 31.7 Å². The molecule has 1 aromatic rings. The maximum atomic E-state index is 12.6. The van der Waals surface area contributed by atoms with Crippen LogP contribution in [0.5, 0.6) is 0 Å². The molecule has 1 aromatic heterocycles. The molecule has 2 saturated heterocycles. The molecule has 1 amide bonds. The first-order chi connectivity index (χ1) is 10.1. The van der Waals surface area contributed by atoms with Crippen LogP contribution >= 0.6 is 15.9 Å². The summed E-state index contributed by atoms with van der Waals surface area (Å²) in [5.74, 6) is 0.311. The van der Waals surface area contributed by atoms with Gasteiger partial charge in [-0.3, -0.25) is 9.69 Å². The Bertz CT molecular complexity index is 530. The minimum atomic E-state index is 0.000749. The van der Waals surface area contributed by atoms with Crippen molar-refractivity contribution in [1.29, 1.82) is 0 Å². The van der Waals surface area contributed by atoms with Gasteiger partial charge in [-0.15, -0.1) is 0 Å². The molecule has 0 saturated carbocycles. The van der Waals surface area contributed by atoms with Crippen molar-refractivity contribution in [2.75, 3.05) is 31.9 Å². The van der Waals surface area contributed by atoms with Crippen LogP contribution in [0.4, 0.5) is 5.82 Å². The van der Waals surface area contributed by atoms with Crippen molar-refractivity contribution in [3.63, 3.8) is 0 Å². The van der Waals surface area contributed by atoms with E-state index in [0.29, 0.717) is 17.4 Å². The molecule has 0 aliphatic carbocycles. The van der Waals surface area contributed by atoms with Crippen LogP contribution in [0.25, 0.3) is 0 Å². The molecule has 21 heavy (non-hydrogen) atoms. The first-order valence-electron chi connectivity index (χ1n) is 7.59. The van der Waals surface area contributed by atoms with Gasteiger partial charge in [-0.2, -0.15) is 0 Å². The fourth-order valence-electron chi connectivity index (χ4n) is 3.30. The Balaban J connectivity index is 1.67. The van der Waals surface area contributed by atoms with Gasteiger partial charge in [0.2, 0.25) is 0 Å². The molecule has 5 nitrogen and oxygen atoms in total. The van der Waals surface area contributed by atoms with Crippen molar-refractivity contribution in [2.24, 2.45) is 0 Å². The number of halogens is 1. The number of hydrogen-bond donors (Lipinski definition) is 1. The molecule has 0 bridgehead atoms. The molecule has 2 N–H and O–H groups in total. The SMILES string of the molecule is Nc1ncc(Br)cc1C(=O)N1CCC(N2CCCCC2)C1. The zero-order valence-corrected chi connectivity index (χ0v) is 13.7. The second-order valence-electron chi connectivity index (χ2n) is 5.88. The number of amides is 1. The molecular weight excluding hydrogens is 332 g/mol. The van der Waals surface area contributed by atoms with Gasteiger partial charge in [-0.05, 0) is 54.3 Å². The molecule has 3 heterocycles. The van der Waals surface area contributed by atoms with Crippen LogP contribution in [0, 0.1) is 0 Å². The second-order valence-corrected chi connectivity index (χ2v) is 6.79. The molecule has 2 aliphatic heterocycles. The molecule has 114 valence electrons. The first-order valence-corrected chi connectivity index (χ1v) is 8.39. The Morgan fingerprint density at radius 3 is 2.81 bits per heavy atom. The van der Waals surface area contributed by atoms with E-state index in [1.807, 2.05) is 4.90 Å². The third-order valence-electron chi connectivity index (χ3n) is 4.47. The van der Waals surface area contributed by atoms with E-state index in [0.717, 1.165) is 24.0 Å². The summed E-state index contributed by atoms with van der Waals surface area (Å²) >= 11 is 3.35. The Morgan fingerprint density at radius 1 is 1.29 bits per heavy atom. The summed E-state index contributed by atoms with van der Waals surface area (Å²) < 4.78 is 0.784. The van der Waals surface area contributed by atoms with E-state index in [-0.39, 0.29) is 5.91 Å². The second kappa shape index (κ2) is 6.32. The normalized spacial score (nSPS) is 23.5. The topological polar surface area (TPSA) is 62.5 Å². The zero-order chi connectivity index (χ0) is 14.8. The molecule has 0 spiro atoms. The summed E-state index contributed by atoms with van der Waals surface area (Å²) in [7, 11) is 0. The van der Waals surface area contributed by atoms with E-state index in [4.69, 9.17) is 5.73 Å². The lowest BCUT2D eigenvalue weighted by Gasteiger charge is -2.32. The standard InChI is InChI=1S/C15H21BrN4O/c16-11-8-13(14(17)18-9-11)15(21)20-7-4-12(10-20)19-5-2-1-3-6-19/h8-9,12H,1-7,10H2,(H2,17,18). The van der Waals surface area contributed by atoms with E-state index in [1.165, 1.54) is 32.4 Å². The Hall–Kier alpha value is -1.14. The van der Waals surface area contributed by atoms with Crippen LogP contribution in [0.15, 0.2) is 16.7 Å². The highest BCUT2D eigenvalue weighted by Crippen LogP contribution is 2.23. The van der Waals surface area contributed by atoms with Crippen molar-refractivity contribution >= 4 is 27.7 Å². The minimum absolute atomic E-state index is 0.000749. The maximum absolute atomic E-state index is 12.6. The number of carbonyl (C=O) groups is 1. The molecule has 3 rings (SSSR count). The highest BCUT2D eigenvalue weighted by molar-refractivity contribution is 9.10. The molecule has 0 aromatic carbocycles. The lowest BCUT2D eigenvalue weighted by molar-refractivity contribution is 0.0772.